The molecule has 3 aromatic carbocycles. The van der Waals surface area contributed by atoms with Crippen LogP contribution in [-0.2, 0) is 6.61 Å². The highest BCUT2D eigenvalue weighted by Gasteiger charge is 2.20. The number of anilines is 1. The summed E-state index contributed by atoms with van der Waals surface area (Å²) in [6.07, 6.45) is 0. The SMILES string of the molecule is Cc1cc(OCc2cccc(F)c2)ccc1NC(=O)c1cccc2c1OCCO2. The molecule has 29 heavy (non-hydrogen) atoms. The minimum atomic E-state index is -0.294. The molecule has 0 saturated carbocycles. The van der Waals surface area contributed by atoms with Crippen molar-refractivity contribution >= 4 is 11.6 Å². The van der Waals surface area contributed by atoms with Crippen LogP contribution in [0.25, 0.3) is 0 Å². The van der Waals surface area contributed by atoms with Crippen LogP contribution >= 0.6 is 0 Å². The number of para-hydroxylation sites is 1. The lowest BCUT2D eigenvalue weighted by molar-refractivity contribution is 0.101. The average Bonchev–Trinajstić information content (AvgIpc) is 2.73. The molecule has 4 rings (SSSR count). The maximum atomic E-state index is 13.3. The fraction of sp³-hybridized carbons (Fsp3) is 0.174. The summed E-state index contributed by atoms with van der Waals surface area (Å²) in [7, 11) is 0. The minimum absolute atomic E-state index is 0.260. The number of aryl methyl sites for hydroxylation is 1. The predicted octanol–water partition coefficient (Wildman–Crippen LogP) is 4.74. The zero-order valence-electron chi connectivity index (χ0n) is 15.9. The number of halogens is 1. The van der Waals surface area contributed by atoms with Crippen LogP contribution in [0.1, 0.15) is 21.5 Å². The highest BCUT2D eigenvalue weighted by Crippen LogP contribution is 2.34. The minimum Gasteiger partial charge on any atom is -0.489 e. The Balaban J connectivity index is 1.45. The summed E-state index contributed by atoms with van der Waals surface area (Å²) in [5, 5.41) is 2.91. The Morgan fingerprint density at radius 2 is 1.90 bits per heavy atom. The zero-order valence-corrected chi connectivity index (χ0v) is 15.9. The fourth-order valence-corrected chi connectivity index (χ4v) is 3.10. The molecule has 0 atom stereocenters. The van der Waals surface area contributed by atoms with Gasteiger partial charge in [0.05, 0.1) is 5.56 Å². The number of ether oxygens (including phenoxy) is 3. The van der Waals surface area contributed by atoms with Crippen LogP contribution in [0.3, 0.4) is 0 Å². The Bertz CT molecular complexity index is 1050. The molecule has 1 N–H and O–H groups in total. The topological polar surface area (TPSA) is 56.8 Å². The van der Waals surface area contributed by atoms with Crippen molar-refractivity contribution < 1.29 is 23.4 Å². The predicted molar refractivity (Wildman–Crippen MR) is 107 cm³/mol. The Kier molecular flexibility index (Phi) is 5.33. The summed E-state index contributed by atoms with van der Waals surface area (Å²) < 4.78 is 30.1. The number of amides is 1. The smallest absolute Gasteiger partial charge is 0.259 e. The van der Waals surface area contributed by atoms with E-state index in [0.717, 1.165) is 11.1 Å². The molecule has 0 aliphatic carbocycles. The Morgan fingerprint density at radius 3 is 2.72 bits per heavy atom. The van der Waals surface area contributed by atoms with E-state index in [2.05, 4.69) is 5.32 Å². The van der Waals surface area contributed by atoms with Gasteiger partial charge in [-0.1, -0.05) is 18.2 Å². The van der Waals surface area contributed by atoms with E-state index in [4.69, 9.17) is 14.2 Å². The fourth-order valence-electron chi connectivity index (χ4n) is 3.10. The second-order valence-corrected chi connectivity index (χ2v) is 6.68. The molecule has 3 aromatic rings. The van der Waals surface area contributed by atoms with Gasteiger partial charge in [-0.25, -0.2) is 4.39 Å². The largest absolute Gasteiger partial charge is 0.489 e. The molecule has 0 unspecified atom stereocenters. The summed E-state index contributed by atoms with van der Waals surface area (Å²) in [5.41, 5.74) is 2.68. The Labute approximate surface area is 168 Å². The van der Waals surface area contributed by atoms with Crippen LogP contribution in [0.15, 0.2) is 60.7 Å². The molecule has 0 fully saturated rings. The molecule has 148 valence electrons. The number of carbonyl (C=O) groups excluding carboxylic acids is 1. The maximum absolute atomic E-state index is 13.3. The van der Waals surface area contributed by atoms with Crippen molar-refractivity contribution in [3.8, 4) is 17.2 Å². The Hall–Kier alpha value is -3.54. The van der Waals surface area contributed by atoms with Gasteiger partial charge in [-0.15, -0.1) is 0 Å². The van der Waals surface area contributed by atoms with E-state index < -0.39 is 0 Å². The third-order valence-corrected chi connectivity index (χ3v) is 4.55. The van der Waals surface area contributed by atoms with Gasteiger partial charge in [0.25, 0.3) is 5.91 Å². The summed E-state index contributed by atoms with van der Waals surface area (Å²) in [6, 6.07) is 16.9. The number of rotatable bonds is 5. The molecule has 0 aromatic heterocycles. The third kappa shape index (κ3) is 4.32. The lowest BCUT2D eigenvalue weighted by Crippen LogP contribution is -2.20. The summed E-state index contributed by atoms with van der Waals surface area (Å²) >= 11 is 0. The number of benzene rings is 3. The molecule has 0 spiro atoms. The van der Waals surface area contributed by atoms with E-state index in [1.54, 1.807) is 42.5 Å². The van der Waals surface area contributed by atoms with Gasteiger partial charge in [-0.2, -0.15) is 0 Å². The molecule has 0 bridgehead atoms. The van der Waals surface area contributed by atoms with Gasteiger partial charge in [0.15, 0.2) is 11.5 Å². The van der Waals surface area contributed by atoms with Gasteiger partial charge in [-0.3, -0.25) is 4.79 Å². The van der Waals surface area contributed by atoms with Gasteiger partial charge in [-0.05, 0) is 60.5 Å². The number of carbonyl (C=O) groups is 1. The van der Waals surface area contributed by atoms with Crippen molar-refractivity contribution in [2.24, 2.45) is 0 Å². The number of fused-ring (bicyclic) bond motifs is 1. The van der Waals surface area contributed by atoms with Crippen LogP contribution < -0.4 is 19.5 Å². The van der Waals surface area contributed by atoms with Crippen molar-refractivity contribution in [3.05, 3.63) is 83.2 Å². The van der Waals surface area contributed by atoms with Gasteiger partial charge in [0.2, 0.25) is 0 Å². The summed E-state index contributed by atoms with van der Waals surface area (Å²) in [4.78, 5) is 12.8. The van der Waals surface area contributed by atoms with E-state index in [0.29, 0.717) is 41.7 Å². The molecule has 1 aliphatic heterocycles. The van der Waals surface area contributed by atoms with Crippen molar-refractivity contribution in [2.45, 2.75) is 13.5 Å². The van der Waals surface area contributed by atoms with E-state index >= 15 is 0 Å². The first-order chi connectivity index (χ1) is 14.1. The standard InChI is InChI=1S/C23H20FNO4/c1-15-12-18(29-14-16-4-2-5-17(24)13-16)8-9-20(15)25-23(26)19-6-3-7-21-22(19)28-11-10-27-21/h2-9,12-13H,10-11,14H2,1H3,(H,25,26). The molecule has 0 saturated heterocycles. The van der Waals surface area contributed by atoms with Crippen LogP contribution in [0.5, 0.6) is 17.2 Å². The van der Waals surface area contributed by atoms with Gasteiger partial charge in [0.1, 0.15) is 31.4 Å². The molecule has 1 heterocycles. The molecule has 1 amide bonds. The highest BCUT2D eigenvalue weighted by molar-refractivity contribution is 6.07. The molecular weight excluding hydrogens is 373 g/mol. The molecule has 0 radical (unpaired) electrons. The highest BCUT2D eigenvalue weighted by atomic mass is 19.1. The first-order valence-electron chi connectivity index (χ1n) is 9.28. The van der Waals surface area contributed by atoms with Crippen LogP contribution in [0, 0.1) is 12.7 Å². The van der Waals surface area contributed by atoms with Crippen LogP contribution in [-0.4, -0.2) is 19.1 Å². The number of hydrogen-bond acceptors (Lipinski definition) is 4. The van der Waals surface area contributed by atoms with Crippen molar-refractivity contribution in [1.29, 1.82) is 0 Å². The lowest BCUT2D eigenvalue weighted by atomic mass is 10.1. The van der Waals surface area contributed by atoms with E-state index in [-0.39, 0.29) is 18.3 Å². The van der Waals surface area contributed by atoms with Gasteiger partial charge < -0.3 is 19.5 Å². The van der Waals surface area contributed by atoms with Crippen molar-refractivity contribution in [2.75, 3.05) is 18.5 Å². The summed E-state index contributed by atoms with van der Waals surface area (Å²) in [5.74, 6) is 1.10. The van der Waals surface area contributed by atoms with E-state index in [1.165, 1.54) is 12.1 Å². The van der Waals surface area contributed by atoms with Crippen LogP contribution in [0.2, 0.25) is 0 Å². The Morgan fingerprint density at radius 1 is 1.07 bits per heavy atom. The van der Waals surface area contributed by atoms with Gasteiger partial charge >= 0.3 is 0 Å². The average molecular weight is 393 g/mol. The van der Waals surface area contributed by atoms with E-state index in [1.807, 2.05) is 13.0 Å². The van der Waals surface area contributed by atoms with Gasteiger partial charge in [0, 0.05) is 5.69 Å². The number of hydrogen-bond donors (Lipinski definition) is 1. The molecule has 6 heteroatoms. The lowest BCUT2D eigenvalue weighted by Gasteiger charge is -2.20. The molecule has 5 nitrogen and oxygen atoms in total. The number of nitrogens with one attached hydrogen (secondary N) is 1. The second-order valence-electron chi connectivity index (χ2n) is 6.68. The van der Waals surface area contributed by atoms with Crippen LogP contribution in [0.4, 0.5) is 10.1 Å². The van der Waals surface area contributed by atoms with Crippen molar-refractivity contribution in [1.82, 2.24) is 0 Å². The summed E-state index contributed by atoms with van der Waals surface area (Å²) in [6.45, 7) is 3.02. The maximum Gasteiger partial charge on any atom is 0.259 e. The van der Waals surface area contributed by atoms with Crippen molar-refractivity contribution in [3.63, 3.8) is 0 Å². The first-order valence-corrected chi connectivity index (χ1v) is 9.28. The third-order valence-electron chi connectivity index (χ3n) is 4.55. The normalized spacial score (nSPS) is 12.3. The monoisotopic (exact) mass is 393 g/mol. The quantitative estimate of drug-likeness (QED) is 0.681. The first kappa shape index (κ1) is 18.8. The molecular formula is C23H20FNO4. The second kappa shape index (κ2) is 8.22. The zero-order chi connectivity index (χ0) is 20.2. The van der Waals surface area contributed by atoms with E-state index in [9.17, 15) is 9.18 Å². The molecule has 1 aliphatic rings.